The van der Waals surface area contributed by atoms with Crippen LogP contribution in [0.15, 0.2) is 82.1 Å². The molecule has 29 heavy (non-hydrogen) atoms. The summed E-state index contributed by atoms with van der Waals surface area (Å²) in [6, 6.07) is 22.9. The molecule has 5 aromatic rings. The fraction of sp³-hybridized carbons (Fsp3) is 0.0833. The van der Waals surface area contributed by atoms with Crippen molar-refractivity contribution in [3.8, 4) is 11.1 Å². The van der Waals surface area contributed by atoms with Crippen molar-refractivity contribution in [2.45, 2.75) is 17.8 Å². The van der Waals surface area contributed by atoms with Crippen LogP contribution in [0.1, 0.15) is 11.1 Å². The van der Waals surface area contributed by atoms with Crippen LogP contribution in [0.2, 0.25) is 0 Å². The van der Waals surface area contributed by atoms with Crippen LogP contribution in [0.3, 0.4) is 0 Å². The largest absolute Gasteiger partial charge is 0.301 e. The molecule has 0 aliphatic carbocycles. The van der Waals surface area contributed by atoms with Gasteiger partial charge in [-0.3, -0.25) is 4.79 Å². The van der Waals surface area contributed by atoms with E-state index in [4.69, 9.17) is 4.98 Å². The average Bonchev–Trinajstić information content (AvgIpc) is 3.17. The maximum atomic E-state index is 12.8. The second kappa shape index (κ2) is 7.50. The quantitative estimate of drug-likeness (QED) is 0.273. The number of hydrogen-bond acceptors (Lipinski definition) is 4. The summed E-state index contributed by atoms with van der Waals surface area (Å²) in [5.74, 6) is 0.756. The average molecular weight is 415 g/mol. The van der Waals surface area contributed by atoms with Crippen molar-refractivity contribution in [1.82, 2.24) is 9.97 Å². The van der Waals surface area contributed by atoms with Gasteiger partial charge in [-0.15, -0.1) is 11.3 Å². The van der Waals surface area contributed by atoms with Gasteiger partial charge in [0.25, 0.3) is 5.56 Å². The monoisotopic (exact) mass is 414 g/mol. The lowest BCUT2D eigenvalue weighted by atomic mass is 10.1. The van der Waals surface area contributed by atoms with Crippen molar-refractivity contribution in [3.05, 3.63) is 93.6 Å². The summed E-state index contributed by atoms with van der Waals surface area (Å²) in [6.45, 7) is 2.06. The Hall–Kier alpha value is -2.89. The summed E-state index contributed by atoms with van der Waals surface area (Å²) in [5.41, 5.74) is 4.36. The number of thiophene rings is 1. The Morgan fingerprint density at radius 2 is 1.79 bits per heavy atom. The fourth-order valence-electron chi connectivity index (χ4n) is 3.51. The van der Waals surface area contributed by atoms with Gasteiger partial charge in [0.15, 0.2) is 5.16 Å². The normalized spacial score (nSPS) is 11.3. The Balaban J connectivity index is 1.47. The summed E-state index contributed by atoms with van der Waals surface area (Å²) in [5, 5.41) is 5.82. The zero-order chi connectivity index (χ0) is 19.8. The number of benzene rings is 3. The van der Waals surface area contributed by atoms with Crippen molar-refractivity contribution in [2.24, 2.45) is 0 Å². The number of rotatable bonds is 4. The van der Waals surface area contributed by atoms with E-state index >= 15 is 0 Å². The highest BCUT2D eigenvalue weighted by atomic mass is 32.2. The maximum Gasteiger partial charge on any atom is 0.260 e. The van der Waals surface area contributed by atoms with Gasteiger partial charge in [-0.1, -0.05) is 84.1 Å². The van der Waals surface area contributed by atoms with Gasteiger partial charge < -0.3 is 4.98 Å². The van der Waals surface area contributed by atoms with E-state index in [1.165, 1.54) is 33.2 Å². The molecular weight excluding hydrogens is 396 g/mol. The predicted octanol–water partition coefficient (Wildman–Crippen LogP) is 6.41. The van der Waals surface area contributed by atoms with Gasteiger partial charge in [-0.2, -0.15) is 0 Å². The first-order chi connectivity index (χ1) is 14.2. The molecule has 3 aromatic carbocycles. The van der Waals surface area contributed by atoms with E-state index in [0.29, 0.717) is 10.5 Å². The van der Waals surface area contributed by atoms with Crippen molar-refractivity contribution >= 4 is 44.1 Å². The summed E-state index contributed by atoms with van der Waals surface area (Å²) >= 11 is 3.09. The number of nitrogens with one attached hydrogen (secondary N) is 1. The maximum absolute atomic E-state index is 12.8. The van der Waals surface area contributed by atoms with Gasteiger partial charge in [-0.05, 0) is 28.8 Å². The minimum absolute atomic E-state index is 0.0766. The fourth-order valence-corrected chi connectivity index (χ4v) is 5.38. The van der Waals surface area contributed by atoms with Crippen molar-refractivity contribution in [2.75, 3.05) is 0 Å². The Bertz CT molecular complexity index is 1380. The lowest BCUT2D eigenvalue weighted by molar-refractivity contribution is 0.980. The van der Waals surface area contributed by atoms with Crippen LogP contribution in [0, 0.1) is 6.92 Å². The molecule has 0 atom stereocenters. The van der Waals surface area contributed by atoms with E-state index in [1.54, 1.807) is 11.8 Å². The molecule has 0 radical (unpaired) electrons. The Morgan fingerprint density at radius 1 is 1.00 bits per heavy atom. The molecule has 0 spiro atoms. The highest BCUT2D eigenvalue weighted by Crippen LogP contribution is 2.32. The zero-order valence-electron chi connectivity index (χ0n) is 15.8. The SMILES string of the molecule is Cc1ccc(-c2csc3nc(SCc4cccc5ccccc45)[nH]c(=O)c23)cc1. The number of nitrogens with zero attached hydrogens (tertiary/aromatic N) is 1. The smallest absolute Gasteiger partial charge is 0.260 e. The van der Waals surface area contributed by atoms with Gasteiger partial charge in [0.2, 0.25) is 0 Å². The van der Waals surface area contributed by atoms with E-state index in [2.05, 4.69) is 78.6 Å². The second-order valence-electron chi connectivity index (χ2n) is 6.99. The number of H-pyrrole nitrogens is 1. The highest BCUT2D eigenvalue weighted by Gasteiger charge is 2.13. The molecule has 3 nitrogen and oxygen atoms in total. The van der Waals surface area contributed by atoms with Crippen LogP contribution in [-0.4, -0.2) is 9.97 Å². The molecule has 0 fully saturated rings. The van der Waals surface area contributed by atoms with Gasteiger partial charge in [-0.25, -0.2) is 4.98 Å². The molecular formula is C24H18N2OS2. The molecule has 0 saturated heterocycles. The topological polar surface area (TPSA) is 45.8 Å². The summed E-state index contributed by atoms with van der Waals surface area (Å²) < 4.78 is 0. The molecule has 5 heteroatoms. The molecule has 0 bridgehead atoms. The highest BCUT2D eigenvalue weighted by molar-refractivity contribution is 7.98. The molecule has 2 aromatic heterocycles. The molecule has 0 amide bonds. The lowest BCUT2D eigenvalue weighted by Gasteiger charge is -2.06. The Kier molecular flexibility index (Phi) is 4.70. The van der Waals surface area contributed by atoms with Crippen LogP contribution in [0.5, 0.6) is 0 Å². The lowest BCUT2D eigenvalue weighted by Crippen LogP contribution is -2.08. The number of aryl methyl sites for hydroxylation is 1. The summed E-state index contributed by atoms with van der Waals surface area (Å²) in [7, 11) is 0. The van der Waals surface area contributed by atoms with E-state index < -0.39 is 0 Å². The number of aromatic nitrogens is 2. The Morgan fingerprint density at radius 3 is 2.66 bits per heavy atom. The first-order valence-corrected chi connectivity index (χ1v) is 11.2. The van der Waals surface area contributed by atoms with Crippen LogP contribution in [0.4, 0.5) is 0 Å². The molecule has 0 aliphatic heterocycles. The van der Waals surface area contributed by atoms with Gasteiger partial charge in [0.1, 0.15) is 4.83 Å². The summed E-state index contributed by atoms with van der Waals surface area (Å²) in [6.07, 6.45) is 0. The molecule has 1 N–H and O–H groups in total. The molecule has 142 valence electrons. The van der Waals surface area contributed by atoms with Crippen LogP contribution >= 0.6 is 23.1 Å². The molecule has 0 aliphatic rings. The van der Waals surface area contributed by atoms with E-state index in [0.717, 1.165) is 21.7 Å². The third-order valence-corrected chi connectivity index (χ3v) is 6.82. The van der Waals surface area contributed by atoms with Crippen molar-refractivity contribution in [3.63, 3.8) is 0 Å². The molecule has 5 rings (SSSR count). The van der Waals surface area contributed by atoms with Crippen LogP contribution in [-0.2, 0) is 5.75 Å². The number of thioether (sulfide) groups is 1. The van der Waals surface area contributed by atoms with Crippen LogP contribution in [0.25, 0.3) is 32.1 Å². The number of hydrogen-bond donors (Lipinski definition) is 1. The minimum atomic E-state index is -0.0766. The number of aromatic amines is 1. The first kappa shape index (κ1) is 18.2. The van der Waals surface area contributed by atoms with Crippen LogP contribution < -0.4 is 5.56 Å². The van der Waals surface area contributed by atoms with E-state index in [1.807, 2.05) is 5.38 Å². The molecule has 0 saturated carbocycles. The van der Waals surface area contributed by atoms with Gasteiger partial charge in [0.05, 0.1) is 5.39 Å². The predicted molar refractivity (Wildman–Crippen MR) is 124 cm³/mol. The standard InChI is InChI=1S/C24H18N2OS2/c1-15-9-11-17(12-10-15)20-14-28-23-21(20)22(27)25-24(26-23)29-13-18-7-4-6-16-5-2-3-8-19(16)18/h2-12,14H,13H2,1H3,(H,25,26,27). The number of fused-ring (bicyclic) bond motifs is 2. The molecule has 0 unspecified atom stereocenters. The van der Waals surface area contributed by atoms with Crippen molar-refractivity contribution < 1.29 is 0 Å². The van der Waals surface area contributed by atoms with E-state index in [9.17, 15) is 4.79 Å². The summed E-state index contributed by atoms with van der Waals surface area (Å²) in [4.78, 5) is 21.3. The minimum Gasteiger partial charge on any atom is -0.301 e. The van der Waals surface area contributed by atoms with Gasteiger partial charge in [0, 0.05) is 16.7 Å². The third-order valence-electron chi connectivity index (χ3n) is 5.03. The third kappa shape index (κ3) is 3.48. The Labute approximate surface area is 176 Å². The van der Waals surface area contributed by atoms with E-state index in [-0.39, 0.29) is 5.56 Å². The van der Waals surface area contributed by atoms with Gasteiger partial charge >= 0.3 is 0 Å². The van der Waals surface area contributed by atoms with Crippen molar-refractivity contribution in [1.29, 1.82) is 0 Å². The first-order valence-electron chi connectivity index (χ1n) is 9.37. The molecule has 2 heterocycles. The second-order valence-corrected chi connectivity index (χ2v) is 8.82. The zero-order valence-corrected chi connectivity index (χ0v) is 17.4.